The minimum atomic E-state index is 0.600. The Balaban J connectivity index is 1.84. The van der Waals surface area contributed by atoms with Crippen LogP contribution in [0.2, 0.25) is 5.02 Å². The molecular formula is C13H16ClN5. The molecule has 19 heavy (non-hydrogen) atoms. The molecular weight excluding hydrogens is 262 g/mol. The number of pyridine rings is 1. The van der Waals surface area contributed by atoms with Crippen molar-refractivity contribution >= 4 is 11.6 Å². The molecule has 100 valence electrons. The standard InChI is InChI=1S/C13H16ClN5/c1-8-17-9(2)19(18-8)13-12(14)5-10(7-16-13)6-15-11-3-4-11/h5,7,11,15H,3-4,6H2,1-2H3. The van der Waals surface area contributed by atoms with Crippen LogP contribution in [-0.4, -0.2) is 25.8 Å². The van der Waals surface area contributed by atoms with Gasteiger partial charge in [0.05, 0.1) is 5.02 Å². The van der Waals surface area contributed by atoms with Crippen molar-refractivity contribution in [1.82, 2.24) is 25.1 Å². The van der Waals surface area contributed by atoms with Gasteiger partial charge in [-0.05, 0) is 38.3 Å². The zero-order valence-corrected chi connectivity index (χ0v) is 11.8. The van der Waals surface area contributed by atoms with Crippen molar-refractivity contribution in [2.45, 2.75) is 39.3 Å². The van der Waals surface area contributed by atoms with Gasteiger partial charge in [-0.25, -0.2) is 9.97 Å². The lowest BCUT2D eigenvalue weighted by molar-refractivity contribution is 0.684. The predicted molar refractivity (Wildman–Crippen MR) is 73.5 cm³/mol. The fourth-order valence-electron chi connectivity index (χ4n) is 1.99. The van der Waals surface area contributed by atoms with E-state index in [-0.39, 0.29) is 0 Å². The molecule has 2 aromatic heterocycles. The maximum absolute atomic E-state index is 6.30. The lowest BCUT2D eigenvalue weighted by atomic mass is 10.3. The first-order chi connectivity index (χ1) is 9.13. The Morgan fingerprint density at radius 2 is 2.21 bits per heavy atom. The number of halogens is 1. The highest BCUT2D eigenvalue weighted by molar-refractivity contribution is 6.32. The molecule has 6 heteroatoms. The second kappa shape index (κ2) is 4.90. The van der Waals surface area contributed by atoms with Crippen molar-refractivity contribution in [3.05, 3.63) is 34.5 Å². The van der Waals surface area contributed by atoms with Gasteiger partial charge in [-0.1, -0.05) is 11.6 Å². The molecule has 0 unspecified atom stereocenters. The molecule has 1 N–H and O–H groups in total. The van der Waals surface area contributed by atoms with E-state index in [4.69, 9.17) is 11.6 Å². The van der Waals surface area contributed by atoms with Crippen LogP contribution in [0, 0.1) is 13.8 Å². The van der Waals surface area contributed by atoms with Crippen LogP contribution in [-0.2, 0) is 6.54 Å². The molecule has 3 rings (SSSR count). The second-order valence-corrected chi connectivity index (χ2v) is 5.33. The van der Waals surface area contributed by atoms with Gasteiger partial charge in [0.25, 0.3) is 0 Å². The van der Waals surface area contributed by atoms with Crippen molar-refractivity contribution in [3.63, 3.8) is 0 Å². The van der Waals surface area contributed by atoms with Gasteiger partial charge in [0.1, 0.15) is 11.6 Å². The van der Waals surface area contributed by atoms with Crippen LogP contribution in [0.5, 0.6) is 0 Å². The van der Waals surface area contributed by atoms with E-state index < -0.39 is 0 Å². The summed E-state index contributed by atoms with van der Waals surface area (Å²) >= 11 is 6.30. The third-order valence-electron chi connectivity index (χ3n) is 3.13. The van der Waals surface area contributed by atoms with Gasteiger partial charge < -0.3 is 5.32 Å². The monoisotopic (exact) mass is 277 g/mol. The second-order valence-electron chi connectivity index (χ2n) is 4.92. The first kappa shape index (κ1) is 12.6. The largest absolute Gasteiger partial charge is 0.310 e. The number of aromatic nitrogens is 4. The molecule has 1 aliphatic carbocycles. The Morgan fingerprint density at radius 1 is 1.42 bits per heavy atom. The van der Waals surface area contributed by atoms with Crippen LogP contribution in [0.4, 0.5) is 0 Å². The summed E-state index contributed by atoms with van der Waals surface area (Å²) in [4.78, 5) is 8.67. The molecule has 0 aliphatic heterocycles. The Labute approximate surface area is 117 Å². The zero-order chi connectivity index (χ0) is 13.4. The van der Waals surface area contributed by atoms with E-state index in [0.29, 0.717) is 16.9 Å². The lowest BCUT2D eigenvalue weighted by Crippen LogP contribution is -2.15. The topological polar surface area (TPSA) is 55.6 Å². The summed E-state index contributed by atoms with van der Waals surface area (Å²) in [7, 11) is 0. The van der Waals surface area contributed by atoms with Gasteiger partial charge in [-0.15, -0.1) is 5.10 Å². The normalized spacial score (nSPS) is 14.9. The highest BCUT2D eigenvalue weighted by Crippen LogP contribution is 2.22. The summed E-state index contributed by atoms with van der Waals surface area (Å²) in [6, 6.07) is 2.62. The fraction of sp³-hybridized carbons (Fsp3) is 0.462. The van der Waals surface area contributed by atoms with E-state index in [1.54, 1.807) is 4.68 Å². The summed E-state index contributed by atoms with van der Waals surface area (Å²) in [5.41, 5.74) is 1.09. The fourth-order valence-corrected chi connectivity index (χ4v) is 2.26. The number of hydrogen-bond acceptors (Lipinski definition) is 4. The molecule has 0 radical (unpaired) electrons. The highest BCUT2D eigenvalue weighted by atomic mass is 35.5. The molecule has 0 amide bonds. The molecule has 0 saturated heterocycles. The van der Waals surface area contributed by atoms with Gasteiger partial charge in [0.15, 0.2) is 5.82 Å². The van der Waals surface area contributed by atoms with E-state index in [2.05, 4.69) is 20.4 Å². The van der Waals surface area contributed by atoms with Gasteiger partial charge >= 0.3 is 0 Å². The minimum Gasteiger partial charge on any atom is -0.310 e. The van der Waals surface area contributed by atoms with Crippen molar-refractivity contribution in [3.8, 4) is 5.82 Å². The third kappa shape index (κ3) is 2.77. The summed E-state index contributed by atoms with van der Waals surface area (Å²) in [5.74, 6) is 2.14. The van der Waals surface area contributed by atoms with Gasteiger partial charge in [0, 0.05) is 18.8 Å². The Hall–Kier alpha value is -1.46. The molecule has 1 aliphatic rings. The zero-order valence-electron chi connectivity index (χ0n) is 11.0. The summed E-state index contributed by atoms with van der Waals surface area (Å²) in [6.45, 7) is 4.55. The van der Waals surface area contributed by atoms with Crippen LogP contribution < -0.4 is 5.32 Å². The molecule has 0 spiro atoms. The summed E-state index contributed by atoms with van der Waals surface area (Å²) in [5, 5.41) is 8.34. The third-order valence-corrected chi connectivity index (χ3v) is 3.40. The first-order valence-corrected chi connectivity index (χ1v) is 6.80. The van der Waals surface area contributed by atoms with Gasteiger partial charge in [-0.2, -0.15) is 4.68 Å². The SMILES string of the molecule is Cc1nc(C)n(-c2ncc(CNC3CC3)cc2Cl)n1. The van der Waals surface area contributed by atoms with E-state index in [9.17, 15) is 0 Å². The van der Waals surface area contributed by atoms with E-state index >= 15 is 0 Å². The molecule has 1 saturated carbocycles. The smallest absolute Gasteiger partial charge is 0.174 e. The average molecular weight is 278 g/mol. The van der Waals surface area contributed by atoms with Gasteiger partial charge in [0.2, 0.25) is 0 Å². The average Bonchev–Trinajstić information content (AvgIpc) is 3.12. The van der Waals surface area contributed by atoms with Crippen LogP contribution in [0.25, 0.3) is 5.82 Å². The molecule has 0 bridgehead atoms. The van der Waals surface area contributed by atoms with E-state index in [0.717, 1.165) is 23.8 Å². The minimum absolute atomic E-state index is 0.600. The number of hydrogen-bond donors (Lipinski definition) is 1. The Morgan fingerprint density at radius 3 is 2.79 bits per heavy atom. The van der Waals surface area contributed by atoms with Crippen LogP contribution in [0.1, 0.15) is 30.1 Å². The lowest BCUT2D eigenvalue weighted by Gasteiger charge is -2.07. The quantitative estimate of drug-likeness (QED) is 0.931. The number of aryl methyl sites for hydroxylation is 2. The summed E-state index contributed by atoms with van der Waals surface area (Å²) in [6.07, 6.45) is 4.39. The van der Waals surface area contributed by atoms with Crippen molar-refractivity contribution in [1.29, 1.82) is 0 Å². The number of nitrogens with zero attached hydrogens (tertiary/aromatic N) is 4. The molecule has 5 nitrogen and oxygen atoms in total. The van der Waals surface area contributed by atoms with Gasteiger partial charge in [-0.3, -0.25) is 0 Å². The highest BCUT2D eigenvalue weighted by Gasteiger charge is 2.20. The molecule has 2 aromatic rings. The molecule has 1 fully saturated rings. The predicted octanol–water partition coefficient (Wildman–Crippen LogP) is 2.18. The van der Waals surface area contributed by atoms with E-state index in [1.807, 2.05) is 26.1 Å². The molecule has 2 heterocycles. The van der Waals surface area contributed by atoms with Crippen LogP contribution >= 0.6 is 11.6 Å². The Kier molecular flexibility index (Phi) is 3.24. The molecule has 0 aromatic carbocycles. The first-order valence-electron chi connectivity index (χ1n) is 6.42. The maximum Gasteiger partial charge on any atom is 0.174 e. The van der Waals surface area contributed by atoms with Crippen molar-refractivity contribution < 1.29 is 0 Å². The van der Waals surface area contributed by atoms with Crippen LogP contribution in [0.3, 0.4) is 0 Å². The van der Waals surface area contributed by atoms with E-state index in [1.165, 1.54) is 12.8 Å². The van der Waals surface area contributed by atoms with Crippen molar-refractivity contribution in [2.24, 2.45) is 0 Å². The van der Waals surface area contributed by atoms with Crippen LogP contribution in [0.15, 0.2) is 12.3 Å². The Bertz CT molecular complexity index is 603. The summed E-state index contributed by atoms with van der Waals surface area (Å²) < 4.78 is 1.68. The maximum atomic E-state index is 6.30. The number of rotatable bonds is 4. The number of nitrogens with one attached hydrogen (secondary N) is 1. The van der Waals surface area contributed by atoms with Crippen molar-refractivity contribution in [2.75, 3.05) is 0 Å². The molecule has 0 atom stereocenters.